The van der Waals surface area contributed by atoms with Crippen LogP contribution in [0.3, 0.4) is 0 Å². The van der Waals surface area contributed by atoms with Crippen LogP contribution in [0, 0.1) is 12.8 Å². The molecule has 0 heterocycles. The second kappa shape index (κ2) is 6.11. The molecular formula is C13H19Cl2NO2. The average Bonchev–Trinajstić information content (AvgIpc) is 2.19. The van der Waals surface area contributed by atoms with Crippen LogP contribution in [0.1, 0.15) is 36.4 Å². The first-order valence-electron chi connectivity index (χ1n) is 5.93. The minimum atomic E-state index is -0.604. The number of halogens is 2. The second-order valence-corrected chi connectivity index (χ2v) is 5.30. The van der Waals surface area contributed by atoms with Crippen LogP contribution in [0.2, 0.25) is 5.02 Å². The summed E-state index contributed by atoms with van der Waals surface area (Å²) in [5.74, 6) is 0.393. The number of rotatable bonds is 3. The predicted molar refractivity (Wildman–Crippen MR) is 75.4 cm³/mol. The zero-order valence-electron chi connectivity index (χ0n) is 10.3. The molecule has 0 radical (unpaired) electrons. The quantitative estimate of drug-likeness (QED) is 0.802. The van der Waals surface area contributed by atoms with E-state index in [9.17, 15) is 10.2 Å². The molecule has 0 spiro atoms. The van der Waals surface area contributed by atoms with E-state index in [1.165, 1.54) is 0 Å². The Morgan fingerprint density at radius 2 is 2.00 bits per heavy atom. The first kappa shape index (κ1) is 15.6. The summed E-state index contributed by atoms with van der Waals surface area (Å²) >= 11 is 5.95. The molecule has 5 heteroatoms. The van der Waals surface area contributed by atoms with Gasteiger partial charge >= 0.3 is 0 Å². The molecule has 0 amide bonds. The van der Waals surface area contributed by atoms with Crippen molar-refractivity contribution in [2.45, 2.75) is 38.3 Å². The van der Waals surface area contributed by atoms with Crippen molar-refractivity contribution >= 4 is 24.0 Å². The van der Waals surface area contributed by atoms with Gasteiger partial charge in [-0.1, -0.05) is 18.0 Å². The van der Waals surface area contributed by atoms with E-state index in [0.717, 1.165) is 19.3 Å². The minimum absolute atomic E-state index is 0. The van der Waals surface area contributed by atoms with Crippen molar-refractivity contribution in [1.82, 2.24) is 0 Å². The molecule has 1 aromatic rings. The number of nitrogens with two attached hydrogens (primary N) is 1. The molecule has 18 heavy (non-hydrogen) atoms. The number of aliphatic hydroxyl groups excluding tert-OH is 1. The summed E-state index contributed by atoms with van der Waals surface area (Å²) in [6, 6.07) is 2.75. The van der Waals surface area contributed by atoms with E-state index in [1.54, 1.807) is 19.1 Å². The first-order valence-corrected chi connectivity index (χ1v) is 6.31. The third-order valence-corrected chi connectivity index (χ3v) is 3.87. The second-order valence-electron chi connectivity index (χ2n) is 4.87. The van der Waals surface area contributed by atoms with Crippen molar-refractivity contribution in [3.05, 3.63) is 28.3 Å². The van der Waals surface area contributed by atoms with Gasteiger partial charge in [0.05, 0.1) is 12.1 Å². The fraction of sp³-hybridized carbons (Fsp3) is 0.538. The van der Waals surface area contributed by atoms with Gasteiger partial charge in [0.1, 0.15) is 5.75 Å². The lowest BCUT2D eigenvalue weighted by molar-refractivity contribution is 0.0407. The standard InChI is InChI=1S/C13H18ClNO2.ClH/c1-7-5-9(14)6-10(12(7)16)11(15)13(17)8-3-2-4-8;/h5-6,8,11,13,16-17H,2-4,15H2,1H3;1H/t11-,13+;/m1./s1. The molecular weight excluding hydrogens is 273 g/mol. The molecule has 2 rings (SSSR count). The Kier molecular flexibility index (Phi) is 5.29. The Balaban J connectivity index is 0.00000162. The van der Waals surface area contributed by atoms with Crippen molar-refractivity contribution in [3.8, 4) is 5.75 Å². The highest BCUT2D eigenvalue weighted by Crippen LogP contribution is 2.38. The predicted octanol–water partition coefficient (Wildman–Crippen LogP) is 2.94. The van der Waals surface area contributed by atoms with E-state index in [-0.39, 0.29) is 24.1 Å². The Bertz CT molecular complexity index is 422. The Hall–Kier alpha value is -0.480. The molecule has 0 bridgehead atoms. The summed E-state index contributed by atoms with van der Waals surface area (Å²) in [7, 11) is 0. The number of benzene rings is 1. The zero-order chi connectivity index (χ0) is 12.6. The number of hydrogen-bond acceptors (Lipinski definition) is 3. The van der Waals surface area contributed by atoms with Crippen molar-refractivity contribution in [2.24, 2.45) is 11.7 Å². The lowest BCUT2D eigenvalue weighted by atomic mass is 9.77. The van der Waals surface area contributed by atoms with Gasteiger partial charge in [-0.2, -0.15) is 0 Å². The van der Waals surface area contributed by atoms with Gasteiger partial charge in [-0.05, 0) is 43.4 Å². The lowest BCUT2D eigenvalue weighted by Crippen LogP contribution is -2.36. The van der Waals surface area contributed by atoms with Crippen LogP contribution in [0.4, 0.5) is 0 Å². The zero-order valence-corrected chi connectivity index (χ0v) is 11.8. The fourth-order valence-corrected chi connectivity index (χ4v) is 2.56. The summed E-state index contributed by atoms with van der Waals surface area (Å²) in [4.78, 5) is 0. The van der Waals surface area contributed by atoms with Gasteiger partial charge < -0.3 is 15.9 Å². The van der Waals surface area contributed by atoms with Crippen molar-refractivity contribution in [1.29, 1.82) is 0 Å². The number of hydrogen-bond donors (Lipinski definition) is 3. The van der Waals surface area contributed by atoms with Crippen LogP contribution in [0.15, 0.2) is 12.1 Å². The SMILES string of the molecule is Cc1cc(Cl)cc([C@@H](N)[C@@H](O)C2CCC2)c1O.Cl. The molecule has 1 aliphatic carbocycles. The summed E-state index contributed by atoms with van der Waals surface area (Å²) in [6.45, 7) is 1.77. The van der Waals surface area contributed by atoms with Crippen LogP contribution in [0.5, 0.6) is 5.75 Å². The maximum absolute atomic E-state index is 10.1. The monoisotopic (exact) mass is 291 g/mol. The summed E-state index contributed by atoms with van der Waals surface area (Å²) in [5.41, 5.74) is 7.24. The van der Waals surface area contributed by atoms with Gasteiger partial charge in [0.2, 0.25) is 0 Å². The molecule has 0 aromatic heterocycles. The van der Waals surface area contributed by atoms with Gasteiger partial charge in [0.15, 0.2) is 0 Å². The molecule has 3 nitrogen and oxygen atoms in total. The van der Waals surface area contributed by atoms with Gasteiger partial charge in [-0.3, -0.25) is 0 Å². The van der Waals surface area contributed by atoms with Crippen LogP contribution < -0.4 is 5.73 Å². The van der Waals surface area contributed by atoms with Crippen LogP contribution >= 0.6 is 24.0 Å². The van der Waals surface area contributed by atoms with E-state index in [0.29, 0.717) is 16.1 Å². The minimum Gasteiger partial charge on any atom is -0.507 e. The number of aryl methyl sites for hydroxylation is 1. The van der Waals surface area contributed by atoms with Gasteiger partial charge in [0.25, 0.3) is 0 Å². The lowest BCUT2D eigenvalue weighted by Gasteiger charge is -2.34. The molecule has 0 saturated heterocycles. The number of phenols is 1. The number of phenolic OH excluding ortho intramolecular Hbond substituents is 1. The highest BCUT2D eigenvalue weighted by Gasteiger charge is 2.32. The van der Waals surface area contributed by atoms with Crippen LogP contribution in [-0.4, -0.2) is 16.3 Å². The van der Waals surface area contributed by atoms with E-state index < -0.39 is 12.1 Å². The average molecular weight is 292 g/mol. The summed E-state index contributed by atoms with van der Waals surface area (Å²) < 4.78 is 0. The highest BCUT2D eigenvalue weighted by atomic mass is 35.5. The fourth-order valence-electron chi connectivity index (χ4n) is 2.27. The molecule has 1 aliphatic rings. The normalized spacial score (nSPS) is 18.7. The molecule has 1 saturated carbocycles. The maximum Gasteiger partial charge on any atom is 0.123 e. The van der Waals surface area contributed by atoms with Gasteiger partial charge in [-0.25, -0.2) is 0 Å². The van der Waals surface area contributed by atoms with Crippen LogP contribution in [-0.2, 0) is 0 Å². The molecule has 0 unspecified atom stereocenters. The Labute approximate surface area is 118 Å². The molecule has 4 N–H and O–H groups in total. The molecule has 1 fully saturated rings. The summed E-state index contributed by atoms with van der Waals surface area (Å²) in [6.07, 6.45) is 2.56. The highest BCUT2D eigenvalue weighted by molar-refractivity contribution is 6.30. The van der Waals surface area contributed by atoms with Gasteiger partial charge in [-0.15, -0.1) is 12.4 Å². The topological polar surface area (TPSA) is 66.5 Å². The molecule has 2 atom stereocenters. The van der Waals surface area contributed by atoms with Crippen LogP contribution in [0.25, 0.3) is 0 Å². The Morgan fingerprint density at radius 3 is 2.50 bits per heavy atom. The molecule has 102 valence electrons. The molecule has 0 aliphatic heterocycles. The first-order chi connectivity index (χ1) is 8.00. The number of aromatic hydroxyl groups is 1. The smallest absolute Gasteiger partial charge is 0.123 e. The van der Waals surface area contributed by atoms with Crippen molar-refractivity contribution in [3.63, 3.8) is 0 Å². The maximum atomic E-state index is 10.1. The van der Waals surface area contributed by atoms with E-state index in [4.69, 9.17) is 17.3 Å². The van der Waals surface area contributed by atoms with Crippen molar-refractivity contribution in [2.75, 3.05) is 0 Å². The van der Waals surface area contributed by atoms with E-state index in [2.05, 4.69) is 0 Å². The third-order valence-electron chi connectivity index (χ3n) is 3.65. The third kappa shape index (κ3) is 2.91. The summed E-state index contributed by atoms with van der Waals surface area (Å²) in [5, 5.41) is 20.6. The van der Waals surface area contributed by atoms with Crippen molar-refractivity contribution < 1.29 is 10.2 Å². The van der Waals surface area contributed by atoms with E-state index >= 15 is 0 Å². The Morgan fingerprint density at radius 1 is 1.39 bits per heavy atom. The number of aliphatic hydroxyl groups is 1. The van der Waals surface area contributed by atoms with E-state index in [1.807, 2.05) is 0 Å². The van der Waals surface area contributed by atoms with Gasteiger partial charge in [0, 0.05) is 10.6 Å². The largest absolute Gasteiger partial charge is 0.507 e. The molecule has 1 aromatic carbocycles.